The molecule has 0 radical (unpaired) electrons. The highest BCUT2D eigenvalue weighted by molar-refractivity contribution is 6.30. The number of benzene rings is 1. The Morgan fingerprint density at radius 1 is 1.32 bits per heavy atom. The number of carboxylic acids is 1. The first-order valence-corrected chi connectivity index (χ1v) is 5.68. The number of carbonyl (C=O) groups excluding carboxylic acids is 2. The molecule has 1 amide bonds. The van der Waals surface area contributed by atoms with Gasteiger partial charge in [0.05, 0.1) is 7.11 Å². The largest absolute Gasteiger partial charge is 0.480 e. The van der Waals surface area contributed by atoms with Crippen LogP contribution in [0.15, 0.2) is 24.3 Å². The number of hydrogen-bond donors (Lipinski definition) is 2. The van der Waals surface area contributed by atoms with Gasteiger partial charge in [0.2, 0.25) is 0 Å². The number of halogens is 1. The fourth-order valence-corrected chi connectivity index (χ4v) is 1.47. The lowest BCUT2D eigenvalue weighted by Crippen LogP contribution is -2.42. The minimum Gasteiger partial charge on any atom is -0.480 e. The Morgan fingerprint density at radius 2 is 1.89 bits per heavy atom. The van der Waals surface area contributed by atoms with Crippen LogP contribution in [-0.2, 0) is 9.53 Å². The van der Waals surface area contributed by atoms with Crippen molar-refractivity contribution in [1.82, 2.24) is 5.32 Å². The van der Waals surface area contributed by atoms with Crippen molar-refractivity contribution in [2.75, 3.05) is 7.11 Å². The van der Waals surface area contributed by atoms with Crippen molar-refractivity contribution in [2.24, 2.45) is 0 Å². The molecule has 0 saturated heterocycles. The summed E-state index contributed by atoms with van der Waals surface area (Å²) in [5.74, 6) is -1.73. The van der Waals surface area contributed by atoms with Crippen molar-refractivity contribution < 1.29 is 24.2 Å². The zero-order valence-electron chi connectivity index (χ0n) is 10.1. The van der Waals surface area contributed by atoms with E-state index in [2.05, 4.69) is 10.1 Å². The number of carboxylic acid groups (broad SMARTS) is 1. The molecule has 0 aliphatic rings. The molecule has 1 aromatic carbocycles. The Bertz CT molecular complexity index is 485. The van der Waals surface area contributed by atoms with Gasteiger partial charge in [0.1, 0.15) is 6.04 Å². The maximum atomic E-state index is 11.8. The molecule has 19 heavy (non-hydrogen) atoms. The minimum absolute atomic E-state index is 0.322. The van der Waals surface area contributed by atoms with E-state index in [1.54, 1.807) is 0 Å². The van der Waals surface area contributed by atoms with Crippen molar-refractivity contribution in [3.8, 4) is 0 Å². The first-order valence-electron chi connectivity index (χ1n) is 5.30. The molecule has 1 atom stereocenters. The summed E-state index contributed by atoms with van der Waals surface area (Å²) in [7, 11) is 1.11. The van der Waals surface area contributed by atoms with Crippen LogP contribution in [0.5, 0.6) is 0 Å². The number of methoxy groups -OCH3 is 1. The molecule has 0 fully saturated rings. The number of amides is 1. The normalized spacial score (nSPS) is 11.5. The van der Waals surface area contributed by atoms with Gasteiger partial charge in [-0.05, 0) is 24.3 Å². The summed E-state index contributed by atoms with van der Waals surface area (Å²) in [6, 6.07) is 4.69. The second-order valence-corrected chi connectivity index (χ2v) is 4.10. The molecule has 0 spiro atoms. The van der Waals surface area contributed by atoms with E-state index in [0.717, 1.165) is 7.11 Å². The number of aliphatic carboxylic acids is 1. The Labute approximate surface area is 114 Å². The van der Waals surface area contributed by atoms with Gasteiger partial charge in [0.15, 0.2) is 5.78 Å². The van der Waals surface area contributed by atoms with Gasteiger partial charge in [-0.1, -0.05) is 11.6 Å². The minimum atomic E-state index is -1.34. The first kappa shape index (κ1) is 15.0. The van der Waals surface area contributed by atoms with Crippen LogP contribution in [0.1, 0.15) is 16.8 Å². The Kier molecular flexibility index (Phi) is 5.32. The summed E-state index contributed by atoms with van der Waals surface area (Å²) < 4.78 is 4.29. The predicted octanol–water partition coefficient (Wildman–Crippen LogP) is 1.72. The second-order valence-electron chi connectivity index (χ2n) is 3.66. The molecule has 102 valence electrons. The van der Waals surface area contributed by atoms with Crippen LogP contribution in [-0.4, -0.2) is 36.1 Å². The number of ketones is 1. The summed E-state index contributed by atoms with van der Waals surface area (Å²) in [4.78, 5) is 33.7. The summed E-state index contributed by atoms with van der Waals surface area (Å²) in [5, 5.41) is 11.5. The van der Waals surface area contributed by atoms with Crippen LogP contribution in [0.2, 0.25) is 5.02 Å². The van der Waals surface area contributed by atoms with Crippen LogP contribution in [0.25, 0.3) is 0 Å². The fourth-order valence-electron chi connectivity index (χ4n) is 1.34. The predicted molar refractivity (Wildman–Crippen MR) is 67.4 cm³/mol. The topological polar surface area (TPSA) is 92.7 Å². The van der Waals surface area contributed by atoms with Crippen LogP contribution in [0, 0.1) is 0 Å². The summed E-state index contributed by atoms with van der Waals surface area (Å²) in [6.45, 7) is 0. The standard InChI is InChI=1S/C12H12ClNO5/c1-19-12(18)14-9(11(16)17)6-10(15)7-2-4-8(13)5-3-7/h2-5,9H,6H2,1H3,(H,14,18)(H,16,17). The van der Waals surface area contributed by atoms with Gasteiger partial charge in [-0.2, -0.15) is 0 Å². The van der Waals surface area contributed by atoms with Gasteiger partial charge in [-0.25, -0.2) is 9.59 Å². The number of rotatable bonds is 5. The van der Waals surface area contributed by atoms with Crippen LogP contribution in [0.3, 0.4) is 0 Å². The third kappa shape index (κ3) is 4.59. The van der Waals surface area contributed by atoms with Gasteiger partial charge in [0, 0.05) is 17.0 Å². The second kappa shape index (κ2) is 6.75. The van der Waals surface area contributed by atoms with Gasteiger partial charge in [-0.15, -0.1) is 0 Å². The van der Waals surface area contributed by atoms with E-state index in [0.29, 0.717) is 10.6 Å². The Morgan fingerprint density at radius 3 is 2.37 bits per heavy atom. The van der Waals surface area contributed by atoms with Gasteiger partial charge in [-0.3, -0.25) is 4.79 Å². The average Bonchev–Trinajstić information content (AvgIpc) is 2.38. The zero-order valence-corrected chi connectivity index (χ0v) is 10.8. The molecule has 0 saturated carbocycles. The van der Waals surface area contributed by atoms with Crippen LogP contribution >= 0.6 is 11.6 Å². The zero-order chi connectivity index (χ0) is 14.4. The molecule has 0 bridgehead atoms. The monoisotopic (exact) mass is 285 g/mol. The number of ether oxygens (including phenoxy) is 1. The number of hydrogen-bond acceptors (Lipinski definition) is 4. The molecule has 0 heterocycles. The third-order valence-electron chi connectivity index (χ3n) is 2.33. The van der Waals surface area contributed by atoms with E-state index >= 15 is 0 Å². The number of carbonyl (C=O) groups is 3. The highest BCUT2D eigenvalue weighted by Gasteiger charge is 2.24. The summed E-state index contributed by atoms with van der Waals surface area (Å²) in [5.41, 5.74) is 0.322. The van der Waals surface area contributed by atoms with Crippen LogP contribution < -0.4 is 5.32 Å². The number of Topliss-reactive ketones (excluding diaryl/α,β-unsaturated/α-hetero) is 1. The Balaban J connectivity index is 2.73. The van der Waals surface area contributed by atoms with E-state index in [-0.39, 0.29) is 6.42 Å². The molecule has 1 unspecified atom stereocenters. The smallest absolute Gasteiger partial charge is 0.407 e. The molecule has 0 aliphatic carbocycles. The van der Waals surface area contributed by atoms with E-state index in [9.17, 15) is 14.4 Å². The molecule has 1 rings (SSSR count). The van der Waals surface area contributed by atoms with Gasteiger partial charge in [0.25, 0.3) is 0 Å². The summed E-state index contributed by atoms with van der Waals surface area (Å²) in [6.07, 6.45) is -1.28. The first-order chi connectivity index (χ1) is 8.93. The fraction of sp³-hybridized carbons (Fsp3) is 0.250. The molecule has 2 N–H and O–H groups in total. The van der Waals surface area contributed by atoms with Gasteiger partial charge >= 0.3 is 12.1 Å². The highest BCUT2D eigenvalue weighted by Crippen LogP contribution is 2.12. The number of nitrogens with one attached hydrogen (secondary N) is 1. The van der Waals surface area contributed by atoms with Crippen molar-refractivity contribution >= 4 is 29.4 Å². The third-order valence-corrected chi connectivity index (χ3v) is 2.58. The highest BCUT2D eigenvalue weighted by atomic mass is 35.5. The molecular weight excluding hydrogens is 274 g/mol. The van der Waals surface area contributed by atoms with E-state index in [1.165, 1.54) is 24.3 Å². The Hall–Kier alpha value is -2.08. The van der Waals surface area contributed by atoms with Crippen molar-refractivity contribution in [3.63, 3.8) is 0 Å². The van der Waals surface area contributed by atoms with Crippen molar-refractivity contribution in [2.45, 2.75) is 12.5 Å². The van der Waals surface area contributed by atoms with E-state index < -0.39 is 23.9 Å². The lowest BCUT2D eigenvalue weighted by Gasteiger charge is -2.12. The number of alkyl carbamates (subject to hydrolysis) is 1. The SMILES string of the molecule is COC(=O)NC(CC(=O)c1ccc(Cl)cc1)C(=O)O. The van der Waals surface area contributed by atoms with Gasteiger partial charge < -0.3 is 15.2 Å². The average molecular weight is 286 g/mol. The summed E-state index contributed by atoms with van der Waals surface area (Å²) >= 11 is 5.68. The van der Waals surface area contributed by atoms with Crippen LogP contribution in [0.4, 0.5) is 4.79 Å². The van der Waals surface area contributed by atoms with E-state index in [1.807, 2.05) is 0 Å². The lowest BCUT2D eigenvalue weighted by atomic mass is 10.0. The molecular formula is C12H12ClNO5. The molecule has 7 heteroatoms. The van der Waals surface area contributed by atoms with Crippen molar-refractivity contribution in [1.29, 1.82) is 0 Å². The maximum absolute atomic E-state index is 11.8. The quantitative estimate of drug-likeness (QED) is 0.804. The maximum Gasteiger partial charge on any atom is 0.407 e. The molecule has 0 aromatic heterocycles. The van der Waals surface area contributed by atoms with E-state index in [4.69, 9.17) is 16.7 Å². The van der Waals surface area contributed by atoms with Crippen molar-refractivity contribution in [3.05, 3.63) is 34.9 Å². The molecule has 6 nitrogen and oxygen atoms in total. The molecule has 1 aromatic rings. The molecule has 0 aliphatic heterocycles. The lowest BCUT2D eigenvalue weighted by molar-refractivity contribution is -0.139.